The van der Waals surface area contributed by atoms with Crippen LogP contribution in [0.5, 0.6) is 0 Å². The summed E-state index contributed by atoms with van der Waals surface area (Å²) in [6.45, 7) is 9.03. The van der Waals surface area contributed by atoms with Gasteiger partial charge in [-0.15, -0.1) is 0 Å². The fourth-order valence-corrected chi connectivity index (χ4v) is 3.32. The van der Waals surface area contributed by atoms with Crippen molar-refractivity contribution in [2.24, 2.45) is 5.73 Å². The van der Waals surface area contributed by atoms with Crippen LogP contribution in [-0.4, -0.2) is 67.3 Å². The van der Waals surface area contributed by atoms with E-state index >= 15 is 0 Å². The number of aromatic nitrogens is 1. The van der Waals surface area contributed by atoms with Crippen LogP contribution in [-0.2, 0) is 16.1 Å². The molecule has 2 aliphatic heterocycles. The summed E-state index contributed by atoms with van der Waals surface area (Å²) in [6, 6.07) is 4.07. The topological polar surface area (TPSA) is 83.7 Å². The van der Waals surface area contributed by atoms with Gasteiger partial charge in [0.25, 0.3) is 0 Å². The number of rotatable bonds is 5. The van der Waals surface area contributed by atoms with E-state index in [1.165, 1.54) is 0 Å². The molecule has 2 aliphatic rings. The highest BCUT2D eigenvalue weighted by atomic mass is 16.5. The highest BCUT2D eigenvalue weighted by Crippen LogP contribution is 2.18. The first-order chi connectivity index (χ1) is 12.1. The molecule has 2 fully saturated rings. The number of nitrogens with one attached hydrogen (secondary N) is 1. The van der Waals surface area contributed by atoms with E-state index in [9.17, 15) is 4.79 Å². The maximum Gasteiger partial charge on any atom is 0.240 e. The molecule has 0 spiro atoms. The quantitative estimate of drug-likeness (QED) is 0.800. The predicted octanol–water partition coefficient (Wildman–Crippen LogP) is 0.348. The Hall–Kier alpha value is -1.70. The second kappa shape index (κ2) is 8.12. The fraction of sp³-hybridized carbons (Fsp3) is 0.667. The highest BCUT2D eigenvalue weighted by molar-refractivity contribution is 5.86. The lowest BCUT2D eigenvalue weighted by atomic mass is 9.90. The van der Waals surface area contributed by atoms with Gasteiger partial charge in [0.1, 0.15) is 5.82 Å². The molecule has 0 saturated carbocycles. The number of likely N-dealkylation sites (N-methyl/N-ethyl adjacent to an activating group) is 1. The van der Waals surface area contributed by atoms with Gasteiger partial charge >= 0.3 is 0 Å². The molecular weight excluding hydrogens is 318 g/mol. The predicted molar refractivity (Wildman–Crippen MR) is 97.4 cm³/mol. The van der Waals surface area contributed by atoms with Crippen LogP contribution in [0, 0.1) is 0 Å². The minimum atomic E-state index is -0.801. The average molecular weight is 347 g/mol. The minimum Gasteiger partial charge on any atom is -0.381 e. The number of anilines is 1. The number of hydrogen-bond acceptors (Lipinski definition) is 6. The Morgan fingerprint density at radius 2 is 2.00 bits per heavy atom. The van der Waals surface area contributed by atoms with Crippen molar-refractivity contribution in [2.75, 3.05) is 50.8 Å². The SMILES string of the molecule is CCN1CCN(c2ccc(CNC(=O)C3(N)CCOCC3)cn2)CC1. The van der Waals surface area contributed by atoms with E-state index in [1.54, 1.807) is 0 Å². The summed E-state index contributed by atoms with van der Waals surface area (Å²) in [5.74, 6) is 0.904. The molecule has 0 bridgehead atoms. The molecular formula is C18H29N5O2. The summed E-state index contributed by atoms with van der Waals surface area (Å²) in [5.41, 5.74) is 6.38. The van der Waals surface area contributed by atoms with Gasteiger partial charge in [0.15, 0.2) is 0 Å². The zero-order chi connectivity index (χ0) is 17.7. The Labute approximate surface area is 149 Å². The summed E-state index contributed by atoms with van der Waals surface area (Å²) < 4.78 is 5.28. The van der Waals surface area contributed by atoms with Gasteiger partial charge in [0.2, 0.25) is 5.91 Å². The van der Waals surface area contributed by atoms with Gasteiger partial charge in [-0.3, -0.25) is 4.79 Å². The molecule has 0 atom stereocenters. The van der Waals surface area contributed by atoms with Crippen molar-refractivity contribution in [3.8, 4) is 0 Å². The van der Waals surface area contributed by atoms with Crippen molar-refractivity contribution < 1.29 is 9.53 Å². The Morgan fingerprint density at radius 3 is 2.60 bits per heavy atom. The van der Waals surface area contributed by atoms with Gasteiger partial charge in [-0.25, -0.2) is 4.98 Å². The third-order valence-corrected chi connectivity index (χ3v) is 5.24. The van der Waals surface area contributed by atoms with Gasteiger partial charge in [0, 0.05) is 52.1 Å². The van der Waals surface area contributed by atoms with Crippen molar-refractivity contribution in [3.05, 3.63) is 23.9 Å². The number of hydrogen-bond donors (Lipinski definition) is 2. The first-order valence-electron chi connectivity index (χ1n) is 9.18. The van der Waals surface area contributed by atoms with Crippen LogP contribution in [0.2, 0.25) is 0 Å². The summed E-state index contributed by atoms with van der Waals surface area (Å²) in [5, 5.41) is 2.94. The molecule has 0 radical (unpaired) electrons. The Balaban J connectivity index is 1.50. The van der Waals surface area contributed by atoms with Crippen LogP contribution in [0.3, 0.4) is 0 Å². The molecule has 25 heavy (non-hydrogen) atoms. The van der Waals surface area contributed by atoms with Crippen molar-refractivity contribution in [3.63, 3.8) is 0 Å². The molecule has 1 aromatic heterocycles. The maximum absolute atomic E-state index is 12.3. The number of pyridine rings is 1. The van der Waals surface area contributed by atoms with Gasteiger partial charge < -0.3 is 25.6 Å². The molecule has 0 aliphatic carbocycles. The monoisotopic (exact) mass is 347 g/mol. The number of amides is 1. The van der Waals surface area contributed by atoms with E-state index in [0.29, 0.717) is 32.6 Å². The van der Waals surface area contributed by atoms with Crippen LogP contribution < -0.4 is 16.0 Å². The number of carbonyl (C=O) groups is 1. The summed E-state index contributed by atoms with van der Waals surface area (Å²) in [4.78, 5) is 21.7. The molecule has 3 N–H and O–H groups in total. The molecule has 7 heteroatoms. The number of nitrogens with zero attached hydrogens (tertiary/aromatic N) is 3. The van der Waals surface area contributed by atoms with Gasteiger partial charge in [-0.05, 0) is 31.0 Å². The summed E-state index contributed by atoms with van der Waals surface area (Å²) >= 11 is 0. The van der Waals surface area contributed by atoms with Crippen LogP contribution in [0.25, 0.3) is 0 Å². The Kier molecular flexibility index (Phi) is 5.88. The molecule has 3 heterocycles. The summed E-state index contributed by atoms with van der Waals surface area (Å²) in [7, 11) is 0. The lowest BCUT2D eigenvalue weighted by Crippen LogP contribution is -2.56. The molecule has 138 valence electrons. The van der Waals surface area contributed by atoms with Crippen molar-refractivity contribution >= 4 is 11.7 Å². The molecule has 1 aromatic rings. The van der Waals surface area contributed by atoms with Crippen LogP contribution in [0.15, 0.2) is 18.3 Å². The maximum atomic E-state index is 12.3. The highest BCUT2D eigenvalue weighted by Gasteiger charge is 2.35. The molecule has 2 saturated heterocycles. The van der Waals surface area contributed by atoms with E-state index in [4.69, 9.17) is 10.5 Å². The molecule has 1 amide bonds. The fourth-order valence-electron chi connectivity index (χ4n) is 3.32. The van der Waals surface area contributed by atoms with E-state index in [-0.39, 0.29) is 5.91 Å². The van der Waals surface area contributed by atoms with E-state index in [1.807, 2.05) is 18.3 Å². The molecule has 7 nitrogen and oxygen atoms in total. The van der Waals surface area contributed by atoms with Gasteiger partial charge in [-0.1, -0.05) is 13.0 Å². The zero-order valence-corrected chi connectivity index (χ0v) is 15.0. The molecule has 0 unspecified atom stereocenters. The largest absolute Gasteiger partial charge is 0.381 e. The number of carbonyl (C=O) groups excluding carboxylic acids is 1. The van der Waals surface area contributed by atoms with E-state index in [0.717, 1.165) is 44.1 Å². The van der Waals surface area contributed by atoms with Crippen molar-refractivity contribution in [2.45, 2.75) is 31.8 Å². The standard InChI is InChI=1S/C18H29N5O2/c1-2-22-7-9-23(10-8-22)16-4-3-15(13-20-16)14-21-17(24)18(19)5-11-25-12-6-18/h3-4,13H,2,5-12,14,19H2,1H3,(H,21,24). The first kappa shape index (κ1) is 18.1. The third kappa shape index (κ3) is 4.48. The Bertz CT molecular complexity index is 563. The lowest BCUT2D eigenvalue weighted by molar-refractivity contribution is -0.129. The van der Waals surface area contributed by atoms with Crippen LogP contribution in [0.4, 0.5) is 5.82 Å². The van der Waals surface area contributed by atoms with E-state index < -0.39 is 5.54 Å². The van der Waals surface area contributed by atoms with Crippen molar-refractivity contribution in [1.82, 2.24) is 15.2 Å². The van der Waals surface area contributed by atoms with Crippen LogP contribution in [0.1, 0.15) is 25.3 Å². The van der Waals surface area contributed by atoms with Crippen molar-refractivity contribution in [1.29, 1.82) is 0 Å². The average Bonchev–Trinajstić information content (AvgIpc) is 2.67. The number of piperazine rings is 1. The first-order valence-corrected chi connectivity index (χ1v) is 9.18. The number of nitrogens with two attached hydrogens (primary N) is 1. The zero-order valence-electron chi connectivity index (χ0n) is 15.0. The Morgan fingerprint density at radius 1 is 1.28 bits per heavy atom. The van der Waals surface area contributed by atoms with E-state index in [2.05, 4.69) is 27.0 Å². The molecule has 3 rings (SSSR count). The number of ether oxygens (including phenoxy) is 1. The summed E-state index contributed by atoms with van der Waals surface area (Å²) in [6.07, 6.45) is 2.98. The second-order valence-electron chi connectivity index (χ2n) is 6.90. The van der Waals surface area contributed by atoms with Gasteiger partial charge in [-0.2, -0.15) is 0 Å². The second-order valence-corrected chi connectivity index (χ2v) is 6.90. The van der Waals surface area contributed by atoms with Gasteiger partial charge in [0.05, 0.1) is 5.54 Å². The smallest absolute Gasteiger partial charge is 0.240 e. The normalized spacial score (nSPS) is 21.1. The third-order valence-electron chi connectivity index (χ3n) is 5.24. The lowest BCUT2D eigenvalue weighted by Gasteiger charge is -2.34. The van der Waals surface area contributed by atoms with Crippen LogP contribution >= 0.6 is 0 Å². The molecule has 0 aromatic carbocycles. The minimum absolute atomic E-state index is 0.101.